The van der Waals surface area contributed by atoms with Gasteiger partial charge in [-0.25, -0.2) is 9.97 Å². The number of amides is 1. The van der Waals surface area contributed by atoms with Crippen molar-refractivity contribution in [3.05, 3.63) is 78.4 Å². The number of carbonyl (C=O) groups is 1. The summed E-state index contributed by atoms with van der Waals surface area (Å²) >= 11 is 0. The molecule has 4 aromatic rings. The van der Waals surface area contributed by atoms with Gasteiger partial charge in [-0.15, -0.1) is 0 Å². The summed E-state index contributed by atoms with van der Waals surface area (Å²) in [5, 5.41) is 0. The van der Waals surface area contributed by atoms with E-state index in [-0.39, 0.29) is 11.6 Å². The molecule has 0 aliphatic carbocycles. The molecule has 2 aromatic heterocycles. The lowest BCUT2D eigenvalue weighted by molar-refractivity contribution is -0.137. The van der Waals surface area contributed by atoms with Gasteiger partial charge < -0.3 is 9.64 Å². The van der Waals surface area contributed by atoms with E-state index in [0.717, 1.165) is 12.1 Å². The number of nitrogens with zero attached hydrogens (tertiary/aromatic N) is 4. The maximum Gasteiger partial charge on any atom is 0.416 e. The lowest BCUT2D eigenvalue weighted by Gasteiger charge is -2.29. The zero-order chi connectivity index (χ0) is 21.6. The fraction of sp³-hybridized carbons (Fsp3) is 0.136. The summed E-state index contributed by atoms with van der Waals surface area (Å²) < 4.78 is 45.8. The van der Waals surface area contributed by atoms with Gasteiger partial charge >= 0.3 is 6.18 Å². The lowest BCUT2D eigenvalue weighted by atomic mass is 10.1. The minimum absolute atomic E-state index is 0.190. The van der Waals surface area contributed by atoms with Crippen molar-refractivity contribution >= 4 is 17.2 Å². The van der Waals surface area contributed by atoms with E-state index in [9.17, 15) is 18.0 Å². The van der Waals surface area contributed by atoms with E-state index in [1.165, 1.54) is 24.5 Å². The molecule has 31 heavy (non-hydrogen) atoms. The molecule has 3 heterocycles. The molecule has 0 atom stereocenters. The number of ether oxygens (including phenoxy) is 1. The number of benzene rings is 2. The molecule has 0 saturated carbocycles. The molecule has 0 saturated heterocycles. The Morgan fingerprint density at radius 1 is 1.00 bits per heavy atom. The van der Waals surface area contributed by atoms with Gasteiger partial charge in [-0.1, -0.05) is 24.3 Å². The third-order valence-corrected chi connectivity index (χ3v) is 5.10. The van der Waals surface area contributed by atoms with Crippen LogP contribution in [0.15, 0.2) is 67.1 Å². The monoisotopic (exact) mass is 424 g/mol. The Bertz CT molecular complexity index is 1280. The van der Waals surface area contributed by atoms with Crippen LogP contribution in [0.1, 0.15) is 16.1 Å². The molecule has 2 aromatic carbocycles. The number of hydrogen-bond donors (Lipinski definition) is 0. The molecule has 0 spiro atoms. The number of aromatic nitrogens is 3. The first-order valence-corrected chi connectivity index (χ1v) is 9.46. The second kappa shape index (κ2) is 7.12. The Morgan fingerprint density at radius 2 is 1.77 bits per heavy atom. The van der Waals surface area contributed by atoms with Crippen molar-refractivity contribution in [2.75, 3.05) is 18.1 Å². The van der Waals surface area contributed by atoms with E-state index in [2.05, 4.69) is 9.97 Å². The molecule has 1 aliphatic heterocycles. The van der Waals surface area contributed by atoms with Crippen molar-refractivity contribution < 1.29 is 22.7 Å². The van der Waals surface area contributed by atoms with Gasteiger partial charge in [0.1, 0.15) is 18.1 Å². The molecule has 5 rings (SSSR count). The average Bonchev–Trinajstić information content (AvgIpc) is 3.21. The van der Waals surface area contributed by atoms with E-state index in [4.69, 9.17) is 4.74 Å². The van der Waals surface area contributed by atoms with Crippen LogP contribution in [0.3, 0.4) is 0 Å². The molecule has 9 heteroatoms. The van der Waals surface area contributed by atoms with Crippen LogP contribution >= 0.6 is 0 Å². The summed E-state index contributed by atoms with van der Waals surface area (Å²) in [6, 6.07) is 12.1. The number of carbonyl (C=O) groups excluding carboxylic acids is 1. The molecule has 0 fully saturated rings. The van der Waals surface area contributed by atoms with Gasteiger partial charge in [-0.2, -0.15) is 13.2 Å². The summed E-state index contributed by atoms with van der Waals surface area (Å²) in [5.41, 5.74) is 1.70. The van der Waals surface area contributed by atoms with E-state index in [1.54, 1.807) is 27.6 Å². The van der Waals surface area contributed by atoms with E-state index in [0.29, 0.717) is 41.5 Å². The summed E-state index contributed by atoms with van der Waals surface area (Å²) in [6.45, 7) is 0.748. The highest BCUT2D eigenvalue weighted by Gasteiger charge is 2.30. The molecule has 6 nitrogen and oxygen atoms in total. The Hall–Kier alpha value is -3.88. The molecule has 0 unspecified atom stereocenters. The second-order valence-corrected chi connectivity index (χ2v) is 6.99. The standard InChI is InChI=1S/C22H15F3N4O2/c23-22(24,25)15-7-5-14(6-8-15)18-11-27-20-12-26-16(13-29(18)20)21(30)28-9-10-31-19-4-2-1-3-17(19)28/h1-8,11-13H,9-10H2. The van der Waals surface area contributed by atoms with Gasteiger partial charge in [0.25, 0.3) is 5.91 Å². The fourth-order valence-corrected chi connectivity index (χ4v) is 3.56. The number of alkyl halides is 3. The first kappa shape index (κ1) is 19.1. The average molecular weight is 424 g/mol. The largest absolute Gasteiger partial charge is 0.490 e. The summed E-state index contributed by atoms with van der Waals surface area (Å²) in [5.74, 6) is 0.320. The summed E-state index contributed by atoms with van der Waals surface area (Å²) in [7, 11) is 0. The maximum absolute atomic E-state index is 13.2. The normalized spacial score (nSPS) is 13.7. The van der Waals surface area contributed by atoms with Crippen molar-refractivity contribution in [1.29, 1.82) is 0 Å². The Morgan fingerprint density at radius 3 is 2.55 bits per heavy atom. The van der Waals surface area contributed by atoms with E-state index < -0.39 is 11.7 Å². The van der Waals surface area contributed by atoms with E-state index >= 15 is 0 Å². The van der Waals surface area contributed by atoms with Crippen LogP contribution in [0.2, 0.25) is 0 Å². The van der Waals surface area contributed by atoms with Gasteiger partial charge in [0.2, 0.25) is 0 Å². The number of fused-ring (bicyclic) bond motifs is 2. The smallest absolute Gasteiger partial charge is 0.416 e. The van der Waals surface area contributed by atoms with Crippen LogP contribution in [0, 0.1) is 0 Å². The van der Waals surface area contributed by atoms with Crippen molar-refractivity contribution in [3.8, 4) is 17.0 Å². The second-order valence-electron chi connectivity index (χ2n) is 6.99. The van der Waals surface area contributed by atoms with Crippen LogP contribution in [-0.4, -0.2) is 33.4 Å². The minimum Gasteiger partial charge on any atom is -0.490 e. The Labute approximate surface area is 174 Å². The van der Waals surface area contributed by atoms with E-state index in [1.807, 2.05) is 12.1 Å². The number of para-hydroxylation sites is 2. The van der Waals surface area contributed by atoms with Crippen molar-refractivity contribution in [3.63, 3.8) is 0 Å². The van der Waals surface area contributed by atoms with Gasteiger partial charge in [-0.05, 0) is 24.3 Å². The molecule has 0 radical (unpaired) electrons. The molecule has 156 valence electrons. The minimum atomic E-state index is -4.41. The highest BCUT2D eigenvalue weighted by atomic mass is 19.4. The predicted molar refractivity (Wildman–Crippen MR) is 107 cm³/mol. The molecule has 0 N–H and O–H groups in total. The predicted octanol–water partition coefficient (Wildman–Crippen LogP) is 4.45. The topological polar surface area (TPSA) is 59.7 Å². The van der Waals surface area contributed by atoms with Crippen LogP contribution < -0.4 is 9.64 Å². The van der Waals surface area contributed by atoms with Gasteiger partial charge in [-0.3, -0.25) is 9.20 Å². The van der Waals surface area contributed by atoms with Crippen LogP contribution in [0.25, 0.3) is 16.9 Å². The summed E-state index contributed by atoms with van der Waals surface area (Å²) in [6.07, 6.45) is 0.150. The number of halogens is 3. The molecular formula is C22H15F3N4O2. The van der Waals surface area contributed by atoms with Gasteiger partial charge in [0, 0.05) is 11.8 Å². The lowest BCUT2D eigenvalue weighted by Crippen LogP contribution is -2.38. The highest BCUT2D eigenvalue weighted by Crippen LogP contribution is 2.33. The van der Waals surface area contributed by atoms with Crippen molar-refractivity contribution in [2.24, 2.45) is 0 Å². The Balaban J connectivity index is 1.52. The first-order valence-electron chi connectivity index (χ1n) is 9.46. The molecule has 1 amide bonds. The van der Waals surface area contributed by atoms with Crippen molar-refractivity contribution in [1.82, 2.24) is 14.4 Å². The van der Waals surface area contributed by atoms with Gasteiger partial charge in [0.05, 0.1) is 35.9 Å². The quantitative estimate of drug-likeness (QED) is 0.477. The maximum atomic E-state index is 13.2. The first-order chi connectivity index (χ1) is 14.9. The molecule has 0 bridgehead atoms. The summed E-state index contributed by atoms with van der Waals surface area (Å²) in [4.78, 5) is 23.3. The third-order valence-electron chi connectivity index (χ3n) is 5.10. The number of imidazole rings is 1. The van der Waals surface area contributed by atoms with Crippen LogP contribution in [-0.2, 0) is 6.18 Å². The van der Waals surface area contributed by atoms with Gasteiger partial charge in [0.15, 0.2) is 5.65 Å². The van der Waals surface area contributed by atoms with Crippen LogP contribution in [0.4, 0.5) is 18.9 Å². The number of anilines is 1. The Kier molecular flexibility index (Phi) is 4.39. The zero-order valence-electron chi connectivity index (χ0n) is 16.0. The third kappa shape index (κ3) is 3.37. The molecule has 1 aliphatic rings. The zero-order valence-corrected chi connectivity index (χ0v) is 16.0. The van der Waals surface area contributed by atoms with Crippen molar-refractivity contribution in [2.45, 2.75) is 6.18 Å². The highest BCUT2D eigenvalue weighted by molar-refractivity contribution is 6.05. The molecular weight excluding hydrogens is 409 g/mol. The SMILES string of the molecule is O=C(c1cn2c(-c3ccc(C(F)(F)F)cc3)cnc2cn1)N1CCOc2ccccc21. The number of hydrogen-bond acceptors (Lipinski definition) is 4. The number of rotatable bonds is 2. The fourth-order valence-electron chi connectivity index (χ4n) is 3.56. The van der Waals surface area contributed by atoms with Crippen LogP contribution in [0.5, 0.6) is 5.75 Å².